The van der Waals surface area contributed by atoms with Gasteiger partial charge in [-0.05, 0) is 43.9 Å². The first-order valence-corrected chi connectivity index (χ1v) is 12.7. The summed E-state index contributed by atoms with van der Waals surface area (Å²) in [4.78, 5) is 42.4. The summed E-state index contributed by atoms with van der Waals surface area (Å²) in [5, 5.41) is 5.12. The van der Waals surface area contributed by atoms with Gasteiger partial charge < -0.3 is 19.9 Å². The van der Waals surface area contributed by atoms with Crippen LogP contribution in [0.3, 0.4) is 0 Å². The van der Waals surface area contributed by atoms with Crippen molar-refractivity contribution in [2.75, 3.05) is 25.1 Å². The molecular formula is C26H29N5O3S. The summed E-state index contributed by atoms with van der Waals surface area (Å²) >= 11 is 1.69. The number of rotatable bonds is 6. The molecule has 8 nitrogen and oxygen atoms in total. The Morgan fingerprint density at radius 3 is 2.77 bits per heavy atom. The van der Waals surface area contributed by atoms with E-state index in [1.807, 2.05) is 30.5 Å². The van der Waals surface area contributed by atoms with E-state index in [-0.39, 0.29) is 11.8 Å². The molecule has 0 spiro atoms. The molecule has 1 unspecified atom stereocenters. The summed E-state index contributed by atoms with van der Waals surface area (Å²) in [5.41, 5.74) is 3.19. The van der Waals surface area contributed by atoms with Gasteiger partial charge in [0.1, 0.15) is 23.0 Å². The molecule has 1 aliphatic rings. The van der Waals surface area contributed by atoms with E-state index in [4.69, 9.17) is 4.74 Å². The molecule has 0 aliphatic carbocycles. The van der Waals surface area contributed by atoms with Crippen molar-refractivity contribution < 1.29 is 14.3 Å². The van der Waals surface area contributed by atoms with Gasteiger partial charge in [0.2, 0.25) is 5.91 Å². The molecule has 0 bridgehead atoms. The summed E-state index contributed by atoms with van der Waals surface area (Å²) in [7, 11) is 1.35. The van der Waals surface area contributed by atoms with Gasteiger partial charge in [0.25, 0.3) is 0 Å². The Kier molecular flexibility index (Phi) is 6.42. The Morgan fingerprint density at radius 2 is 2.00 bits per heavy atom. The maximum absolute atomic E-state index is 13.2. The van der Waals surface area contributed by atoms with Crippen LogP contribution in [0.2, 0.25) is 0 Å². The van der Waals surface area contributed by atoms with Gasteiger partial charge in [0.05, 0.1) is 12.5 Å². The molecule has 1 atom stereocenters. The lowest BCUT2D eigenvalue weighted by Crippen LogP contribution is -2.48. The molecular weight excluding hydrogens is 462 g/mol. The van der Waals surface area contributed by atoms with E-state index in [1.54, 1.807) is 17.7 Å². The van der Waals surface area contributed by atoms with Gasteiger partial charge in [0, 0.05) is 47.4 Å². The molecule has 2 N–H and O–H groups in total. The number of thiophene rings is 1. The number of esters is 1. The molecule has 1 saturated heterocycles. The number of hydrogen-bond acceptors (Lipinski definition) is 7. The van der Waals surface area contributed by atoms with Crippen LogP contribution in [0.15, 0.2) is 36.8 Å². The molecule has 5 rings (SSSR count). The van der Waals surface area contributed by atoms with E-state index in [0.29, 0.717) is 19.3 Å². The van der Waals surface area contributed by atoms with E-state index in [1.165, 1.54) is 17.6 Å². The molecule has 9 heteroatoms. The van der Waals surface area contributed by atoms with Crippen LogP contribution < -0.4 is 10.2 Å². The topological polar surface area (TPSA) is 100 Å². The summed E-state index contributed by atoms with van der Waals surface area (Å²) in [5.74, 6) is 0.245. The van der Waals surface area contributed by atoms with Crippen LogP contribution in [0.5, 0.6) is 0 Å². The number of para-hydroxylation sites is 1. The van der Waals surface area contributed by atoms with Crippen LogP contribution in [-0.2, 0) is 20.7 Å². The molecule has 1 aromatic carbocycles. The third-order valence-corrected chi connectivity index (χ3v) is 8.13. The number of nitrogens with zero attached hydrogens (tertiary/aromatic N) is 3. The van der Waals surface area contributed by atoms with Crippen LogP contribution in [0.1, 0.15) is 28.8 Å². The van der Waals surface area contributed by atoms with Crippen LogP contribution in [0, 0.1) is 19.8 Å². The van der Waals surface area contributed by atoms with E-state index >= 15 is 0 Å². The van der Waals surface area contributed by atoms with Crippen LogP contribution in [0.4, 0.5) is 5.82 Å². The normalized spacial score (nSPS) is 15.5. The highest BCUT2D eigenvalue weighted by Gasteiger charge is 2.31. The number of hydrogen-bond donors (Lipinski definition) is 2. The van der Waals surface area contributed by atoms with E-state index < -0.39 is 12.0 Å². The maximum atomic E-state index is 13.2. The van der Waals surface area contributed by atoms with Gasteiger partial charge in [-0.1, -0.05) is 18.2 Å². The van der Waals surface area contributed by atoms with Gasteiger partial charge in [0.15, 0.2) is 0 Å². The van der Waals surface area contributed by atoms with Gasteiger partial charge in [-0.3, -0.25) is 4.79 Å². The van der Waals surface area contributed by atoms with Crippen molar-refractivity contribution >= 4 is 50.2 Å². The Hall–Kier alpha value is -3.46. The van der Waals surface area contributed by atoms with Crippen molar-refractivity contribution in [2.24, 2.45) is 5.92 Å². The smallest absolute Gasteiger partial charge is 0.328 e. The Bertz CT molecular complexity index is 1390. The summed E-state index contributed by atoms with van der Waals surface area (Å²) in [6.45, 7) is 5.67. The predicted molar refractivity (Wildman–Crippen MR) is 138 cm³/mol. The third-order valence-electron chi connectivity index (χ3n) is 7.01. The number of ether oxygens (including phenoxy) is 1. The number of aromatic amines is 1. The number of amides is 1. The number of anilines is 1. The minimum atomic E-state index is -0.734. The number of piperidine rings is 1. The zero-order chi connectivity index (χ0) is 24.5. The second kappa shape index (κ2) is 9.65. The van der Waals surface area contributed by atoms with Crippen molar-refractivity contribution in [3.63, 3.8) is 0 Å². The molecule has 4 heterocycles. The van der Waals surface area contributed by atoms with Gasteiger partial charge in [-0.25, -0.2) is 14.8 Å². The number of aryl methyl sites for hydroxylation is 2. The number of carbonyl (C=O) groups is 2. The first-order chi connectivity index (χ1) is 17.0. The van der Waals surface area contributed by atoms with Crippen molar-refractivity contribution in [1.29, 1.82) is 0 Å². The maximum Gasteiger partial charge on any atom is 0.328 e. The van der Waals surface area contributed by atoms with Crippen molar-refractivity contribution in [3.8, 4) is 0 Å². The van der Waals surface area contributed by atoms with Gasteiger partial charge in [-0.15, -0.1) is 11.3 Å². The fourth-order valence-corrected chi connectivity index (χ4v) is 5.89. The molecule has 0 radical (unpaired) electrons. The second-order valence-corrected chi connectivity index (χ2v) is 10.3. The standard InChI is InChI=1S/C26H29N5O3S/c1-15-16(2)35-25-22(15)23(28-14-29-25)31-10-8-17(9-11-31)24(32)30-21(26(33)34-3)12-18-13-27-20-7-5-4-6-19(18)20/h4-7,13-14,17,21,27H,8-12H2,1-3H3,(H,30,32). The van der Waals surface area contributed by atoms with Crippen molar-refractivity contribution in [1.82, 2.24) is 20.3 Å². The number of fused-ring (bicyclic) bond motifs is 2. The first kappa shape index (κ1) is 23.3. The monoisotopic (exact) mass is 491 g/mol. The van der Waals surface area contributed by atoms with Crippen molar-refractivity contribution in [3.05, 3.63) is 52.8 Å². The average Bonchev–Trinajstić information content (AvgIpc) is 3.43. The highest BCUT2D eigenvalue weighted by Crippen LogP contribution is 2.35. The molecule has 4 aromatic rings. The molecule has 35 heavy (non-hydrogen) atoms. The van der Waals surface area contributed by atoms with Crippen LogP contribution >= 0.6 is 11.3 Å². The SMILES string of the molecule is COC(=O)C(Cc1c[nH]c2ccccc12)NC(=O)C1CCN(c2ncnc3sc(C)c(C)c23)CC1. The fourth-order valence-electron chi connectivity index (χ4n) is 4.90. The number of carbonyl (C=O) groups excluding carboxylic acids is 2. The molecule has 1 aliphatic heterocycles. The zero-order valence-corrected chi connectivity index (χ0v) is 20.9. The lowest BCUT2D eigenvalue weighted by molar-refractivity contribution is -0.145. The minimum absolute atomic E-state index is 0.102. The highest BCUT2D eigenvalue weighted by molar-refractivity contribution is 7.18. The lowest BCUT2D eigenvalue weighted by Gasteiger charge is -2.33. The fraction of sp³-hybridized carbons (Fsp3) is 0.385. The first-order valence-electron chi connectivity index (χ1n) is 11.8. The zero-order valence-electron chi connectivity index (χ0n) is 20.1. The van der Waals surface area contributed by atoms with Gasteiger partial charge >= 0.3 is 5.97 Å². The number of nitrogens with one attached hydrogen (secondary N) is 2. The van der Waals surface area contributed by atoms with Crippen molar-refractivity contribution in [2.45, 2.75) is 39.2 Å². The molecule has 0 saturated carbocycles. The lowest BCUT2D eigenvalue weighted by atomic mass is 9.94. The Morgan fingerprint density at radius 1 is 1.23 bits per heavy atom. The number of aromatic nitrogens is 3. The molecule has 1 fully saturated rings. The van der Waals surface area contributed by atoms with E-state index in [2.05, 4.69) is 39.0 Å². The quantitative estimate of drug-likeness (QED) is 0.397. The number of benzene rings is 1. The Balaban J connectivity index is 1.26. The number of methoxy groups -OCH3 is 1. The molecule has 3 aromatic heterocycles. The molecule has 182 valence electrons. The second-order valence-electron chi connectivity index (χ2n) is 9.07. The van der Waals surface area contributed by atoms with Crippen LogP contribution in [0.25, 0.3) is 21.1 Å². The highest BCUT2D eigenvalue weighted by atomic mass is 32.1. The van der Waals surface area contributed by atoms with E-state index in [9.17, 15) is 9.59 Å². The largest absolute Gasteiger partial charge is 0.467 e. The number of H-pyrrole nitrogens is 1. The van der Waals surface area contributed by atoms with Crippen LogP contribution in [-0.4, -0.2) is 53.1 Å². The average molecular weight is 492 g/mol. The summed E-state index contributed by atoms with van der Waals surface area (Å²) in [6.07, 6.45) is 5.28. The van der Waals surface area contributed by atoms with Gasteiger partial charge in [-0.2, -0.15) is 0 Å². The minimum Gasteiger partial charge on any atom is -0.467 e. The predicted octanol–water partition coefficient (Wildman–Crippen LogP) is 3.91. The Labute approximate surface area is 207 Å². The molecule has 1 amide bonds. The summed E-state index contributed by atoms with van der Waals surface area (Å²) < 4.78 is 5.01. The summed E-state index contributed by atoms with van der Waals surface area (Å²) in [6, 6.07) is 7.18. The van der Waals surface area contributed by atoms with E-state index in [0.717, 1.165) is 45.6 Å². The third kappa shape index (κ3) is 4.48.